The van der Waals surface area contributed by atoms with Gasteiger partial charge in [-0.3, -0.25) is 4.90 Å². The maximum Gasteiger partial charge on any atom is 0.243 e. The van der Waals surface area contributed by atoms with Crippen LogP contribution in [-0.4, -0.2) is 41.2 Å². The Morgan fingerprint density at radius 2 is 1.78 bits per heavy atom. The molecule has 0 spiro atoms. The lowest BCUT2D eigenvalue weighted by Gasteiger charge is -2.30. The summed E-state index contributed by atoms with van der Waals surface area (Å²) in [6.07, 6.45) is 0. The van der Waals surface area contributed by atoms with Gasteiger partial charge >= 0.3 is 0 Å². The van der Waals surface area contributed by atoms with Gasteiger partial charge in [-0.2, -0.15) is 4.98 Å². The van der Waals surface area contributed by atoms with Gasteiger partial charge in [-0.15, -0.1) is 24.8 Å². The van der Waals surface area contributed by atoms with E-state index < -0.39 is 0 Å². The van der Waals surface area contributed by atoms with Crippen LogP contribution in [0.15, 0.2) is 4.52 Å². The van der Waals surface area contributed by atoms with Crippen molar-refractivity contribution in [3.63, 3.8) is 0 Å². The highest BCUT2D eigenvalue weighted by atomic mass is 35.5. The quantitative estimate of drug-likeness (QED) is 0.925. The Morgan fingerprint density at radius 3 is 2.28 bits per heavy atom. The SMILES string of the molecule is CC(C)c1noc(C(C)N2CCNCC2)n1.Cl.Cl. The van der Waals surface area contributed by atoms with E-state index in [1.54, 1.807) is 0 Å². The van der Waals surface area contributed by atoms with Gasteiger partial charge in [-0.1, -0.05) is 19.0 Å². The third kappa shape index (κ3) is 4.09. The molecule has 7 heteroatoms. The Morgan fingerprint density at radius 1 is 1.17 bits per heavy atom. The molecule has 2 heterocycles. The van der Waals surface area contributed by atoms with E-state index in [0.29, 0.717) is 5.92 Å². The molecule has 1 saturated heterocycles. The van der Waals surface area contributed by atoms with Crippen LogP contribution < -0.4 is 5.32 Å². The molecule has 1 fully saturated rings. The van der Waals surface area contributed by atoms with E-state index in [0.717, 1.165) is 37.9 Å². The van der Waals surface area contributed by atoms with Crippen molar-refractivity contribution in [2.75, 3.05) is 26.2 Å². The molecule has 0 bridgehead atoms. The first-order valence-electron chi connectivity index (χ1n) is 5.96. The zero-order valence-electron chi connectivity index (χ0n) is 11.0. The molecule has 1 unspecified atom stereocenters. The normalized spacial score (nSPS) is 18.0. The number of halogens is 2. The lowest BCUT2D eigenvalue weighted by Crippen LogP contribution is -2.44. The van der Waals surface area contributed by atoms with Crippen molar-refractivity contribution >= 4 is 24.8 Å². The molecule has 1 aromatic rings. The minimum atomic E-state index is 0. The molecule has 1 N–H and O–H groups in total. The first-order valence-corrected chi connectivity index (χ1v) is 5.96. The highest BCUT2D eigenvalue weighted by Gasteiger charge is 2.23. The highest BCUT2D eigenvalue weighted by molar-refractivity contribution is 5.85. The summed E-state index contributed by atoms with van der Waals surface area (Å²) in [5.74, 6) is 1.87. The number of nitrogens with zero attached hydrogens (tertiary/aromatic N) is 3. The van der Waals surface area contributed by atoms with E-state index in [4.69, 9.17) is 4.52 Å². The molecule has 5 nitrogen and oxygen atoms in total. The number of nitrogens with one attached hydrogen (secondary N) is 1. The molecular weight excluding hydrogens is 275 g/mol. The first kappa shape index (κ1) is 17.6. The van der Waals surface area contributed by atoms with Crippen molar-refractivity contribution in [3.05, 3.63) is 11.7 Å². The molecule has 0 amide bonds. The van der Waals surface area contributed by atoms with Crippen molar-refractivity contribution in [1.29, 1.82) is 0 Å². The first-order chi connectivity index (χ1) is 7.68. The zero-order chi connectivity index (χ0) is 11.5. The van der Waals surface area contributed by atoms with Crippen LogP contribution in [-0.2, 0) is 0 Å². The fourth-order valence-corrected chi connectivity index (χ4v) is 1.88. The molecule has 1 aromatic heterocycles. The van der Waals surface area contributed by atoms with Crippen molar-refractivity contribution in [2.24, 2.45) is 0 Å². The summed E-state index contributed by atoms with van der Waals surface area (Å²) < 4.78 is 5.32. The van der Waals surface area contributed by atoms with Crippen molar-refractivity contribution in [2.45, 2.75) is 32.7 Å². The molecule has 2 rings (SSSR count). The van der Waals surface area contributed by atoms with Gasteiger partial charge < -0.3 is 9.84 Å². The maximum absolute atomic E-state index is 5.32. The van der Waals surface area contributed by atoms with Crippen LogP contribution in [0.2, 0.25) is 0 Å². The summed E-state index contributed by atoms with van der Waals surface area (Å²) in [6.45, 7) is 10.4. The summed E-state index contributed by atoms with van der Waals surface area (Å²) in [5.41, 5.74) is 0. The van der Waals surface area contributed by atoms with Gasteiger partial charge in [-0.25, -0.2) is 0 Å². The number of hydrogen-bond donors (Lipinski definition) is 1. The van der Waals surface area contributed by atoms with Crippen LogP contribution in [0.5, 0.6) is 0 Å². The van der Waals surface area contributed by atoms with Crippen LogP contribution in [0.4, 0.5) is 0 Å². The number of aromatic nitrogens is 2. The third-order valence-corrected chi connectivity index (χ3v) is 3.03. The van der Waals surface area contributed by atoms with Crippen molar-refractivity contribution in [3.8, 4) is 0 Å². The fraction of sp³-hybridized carbons (Fsp3) is 0.818. The van der Waals surface area contributed by atoms with Crippen LogP contribution in [0, 0.1) is 0 Å². The number of hydrogen-bond acceptors (Lipinski definition) is 5. The van der Waals surface area contributed by atoms with Crippen LogP contribution >= 0.6 is 24.8 Å². The Bertz CT molecular complexity index is 340. The van der Waals surface area contributed by atoms with Gasteiger partial charge in [0.15, 0.2) is 5.82 Å². The van der Waals surface area contributed by atoms with Crippen LogP contribution in [0.3, 0.4) is 0 Å². The van der Waals surface area contributed by atoms with E-state index in [9.17, 15) is 0 Å². The van der Waals surface area contributed by atoms with Gasteiger partial charge in [0.1, 0.15) is 0 Å². The van der Waals surface area contributed by atoms with Gasteiger partial charge in [0.25, 0.3) is 0 Å². The summed E-state index contributed by atoms with van der Waals surface area (Å²) in [4.78, 5) is 6.81. The molecule has 0 radical (unpaired) electrons. The second-order valence-corrected chi connectivity index (χ2v) is 4.61. The standard InChI is InChI=1S/C11H20N4O.2ClH/c1-8(2)10-13-11(16-14-10)9(3)15-6-4-12-5-7-15;;/h8-9,12H,4-7H2,1-3H3;2*1H. The second-order valence-electron chi connectivity index (χ2n) is 4.61. The molecule has 1 aliphatic heterocycles. The van der Waals surface area contributed by atoms with Gasteiger partial charge in [0, 0.05) is 32.1 Å². The van der Waals surface area contributed by atoms with Crippen LogP contribution in [0.25, 0.3) is 0 Å². The van der Waals surface area contributed by atoms with Crippen LogP contribution in [0.1, 0.15) is 44.4 Å². The lowest BCUT2D eigenvalue weighted by atomic mass is 10.2. The minimum Gasteiger partial charge on any atom is -0.338 e. The molecule has 1 aliphatic rings. The zero-order valence-corrected chi connectivity index (χ0v) is 12.7. The molecule has 0 aliphatic carbocycles. The largest absolute Gasteiger partial charge is 0.338 e. The Balaban J connectivity index is 0.00000144. The topological polar surface area (TPSA) is 54.2 Å². The van der Waals surface area contributed by atoms with Crippen molar-refractivity contribution < 1.29 is 4.52 Å². The number of rotatable bonds is 3. The summed E-state index contributed by atoms with van der Waals surface area (Å²) >= 11 is 0. The summed E-state index contributed by atoms with van der Waals surface area (Å²) in [5, 5.41) is 7.34. The number of piperazine rings is 1. The Labute approximate surface area is 121 Å². The van der Waals surface area contributed by atoms with Gasteiger partial charge in [0.2, 0.25) is 5.89 Å². The average Bonchev–Trinajstić information content (AvgIpc) is 2.78. The summed E-state index contributed by atoms with van der Waals surface area (Å²) in [7, 11) is 0. The van der Waals surface area contributed by atoms with E-state index >= 15 is 0 Å². The average molecular weight is 297 g/mol. The van der Waals surface area contributed by atoms with E-state index in [1.807, 2.05) is 0 Å². The molecule has 0 saturated carbocycles. The molecular formula is C11H22Cl2N4O. The summed E-state index contributed by atoms with van der Waals surface area (Å²) in [6, 6.07) is 0.224. The smallest absolute Gasteiger partial charge is 0.243 e. The maximum atomic E-state index is 5.32. The Kier molecular flexibility index (Phi) is 7.78. The molecule has 1 atom stereocenters. The lowest BCUT2D eigenvalue weighted by molar-refractivity contribution is 0.154. The van der Waals surface area contributed by atoms with E-state index in [1.165, 1.54) is 0 Å². The molecule has 0 aromatic carbocycles. The van der Waals surface area contributed by atoms with Crippen molar-refractivity contribution in [1.82, 2.24) is 20.4 Å². The minimum absolute atomic E-state index is 0. The monoisotopic (exact) mass is 296 g/mol. The van der Waals surface area contributed by atoms with Gasteiger partial charge in [-0.05, 0) is 6.92 Å². The molecule has 106 valence electrons. The second kappa shape index (κ2) is 7.94. The van der Waals surface area contributed by atoms with Gasteiger partial charge in [0.05, 0.1) is 6.04 Å². The van der Waals surface area contributed by atoms with E-state index in [-0.39, 0.29) is 30.9 Å². The Hall–Kier alpha value is -0.360. The van der Waals surface area contributed by atoms with E-state index in [2.05, 4.69) is 41.1 Å². The third-order valence-electron chi connectivity index (χ3n) is 3.03. The predicted molar refractivity (Wildman–Crippen MR) is 75.7 cm³/mol. The highest BCUT2D eigenvalue weighted by Crippen LogP contribution is 2.20. The predicted octanol–water partition coefficient (Wildman–Crippen LogP) is 2.00. The fourth-order valence-electron chi connectivity index (χ4n) is 1.88. The molecule has 18 heavy (non-hydrogen) atoms.